The molecule has 21 heavy (non-hydrogen) atoms. The summed E-state index contributed by atoms with van der Waals surface area (Å²) in [6, 6.07) is 8.85. The van der Waals surface area contributed by atoms with Crippen molar-refractivity contribution < 1.29 is 9.53 Å². The maximum Gasteiger partial charge on any atom is 0.309 e. The van der Waals surface area contributed by atoms with E-state index in [1.165, 1.54) is 4.57 Å². The van der Waals surface area contributed by atoms with Crippen LogP contribution in [0.3, 0.4) is 0 Å². The van der Waals surface area contributed by atoms with Crippen molar-refractivity contribution in [1.29, 1.82) is 5.26 Å². The number of benzene rings is 1. The number of hydrogen-bond donors (Lipinski definition) is 0. The van der Waals surface area contributed by atoms with E-state index in [0.717, 1.165) is 12.8 Å². The van der Waals surface area contributed by atoms with Gasteiger partial charge in [-0.1, -0.05) is 12.1 Å². The molecule has 0 spiro atoms. The summed E-state index contributed by atoms with van der Waals surface area (Å²) in [7, 11) is 0. The van der Waals surface area contributed by atoms with E-state index in [1.807, 2.05) is 6.07 Å². The monoisotopic (exact) mass is 283 g/mol. The van der Waals surface area contributed by atoms with Gasteiger partial charge in [0.2, 0.25) is 0 Å². The van der Waals surface area contributed by atoms with Crippen LogP contribution in [-0.4, -0.2) is 15.5 Å². The second-order valence-electron chi connectivity index (χ2n) is 4.98. The largest absolute Gasteiger partial charge is 0.457 e. The Labute approximate surface area is 120 Å². The Balaban J connectivity index is 1.98. The fourth-order valence-electron chi connectivity index (χ4n) is 2.13. The van der Waals surface area contributed by atoms with Crippen molar-refractivity contribution in [2.24, 2.45) is 5.92 Å². The van der Waals surface area contributed by atoms with Gasteiger partial charge < -0.3 is 4.74 Å². The average Bonchev–Trinajstić information content (AvgIpc) is 3.33. The summed E-state index contributed by atoms with van der Waals surface area (Å²) in [4.78, 5) is 28.3. The van der Waals surface area contributed by atoms with Crippen LogP contribution in [0.1, 0.15) is 18.7 Å². The Morgan fingerprint density at radius 1 is 1.43 bits per heavy atom. The molecule has 0 atom stereocenters. The summed E-state index contributed by atoms with van der Waals surface area (Å²) in [5.41, 5.74) is 0.244. The number of ether oxygens (including phenoxy) is 1. The first kappa shape index (κ1) is 13.3. The van der Waals surface area contributed by atoms with Crippen LogP contribution in [0.25, 0.3) is 10.9 Å². The molecule has 0 amide bonds. The molecule has 1 aromatic heterocycles. The molecule has 0 radical (unpaired) electrons. The minimum atomic E-state index is -0.292. The lowest BCUT2D eigenvalue weighted by Gasteiger charge is -2.11. The van der Waals surface area contributed by atoms with Gasteiger partial charge in [0.15, 0.2) is 5.82 Å². The number of hydrogen-bond acceptors (Lipinski definition) is 5. The zero-order chi connectivity index (χ0) is 14.8. The SMILES string of the molecule is N#CCn1c(COC(=O)C2CC2)nc2ccccc2c1=O. The molecule has 2 aromatic rings. The van der Waals surface area contributed by atoms with Crippen molar-refractivity contribution in [1.82, 2.24) is 9.55 Å². The van der Waals surface area contributed by atoms with Gasteiger partial charge in [0.1, 0.15) is 13.2 Å². The Hall–Kier alpha value is -2.68. The van der Waals surface area contributed by atoms with Crippen LogP contribution in [0.4, 0.5) is 0 Å². The topological polar surface area (TPSA) is 85.0 Å². The van der Waals surface area contributed by atoms with Gasteiger partial charge in [-0.25, -0.2) is 4.98 Å². The van der Waals surface area contributed by atoms with Crippen LogP contribution >= 0.6 is 0 Å². The summed E-state index contributed by atoms with van der Waals surface area (Å²) in [6.07, 6.45) is 1.71. The minimum Gasteiger partial charge on any atom is -0.457 e. The van der Waals surface area contributed by atoms with Crippen LogP contribution in [0.5, 0.6) is 0 Å². The van der Waals surface area contributed by atoms with E-state index in [1.54, 1.807) is 24.3 Å². The van der Waals surface area contributed by atoms with Crippen molar-refractivity contribution in [3.05, 3.63) is 40.4 Å². The highest BCUT2D eigenvalue weighted by Gasteiger charge is 2.31. The molecule has 1 aromatic carbocycles. The number of carbonyl (C=O) groups excluding carboxylic acids is 1. The van der Waals surface area contributed by atoms with Crippen LogP contribution in [0, 0.1) is 17.2 Å². The van der Waals surface area contributed by atoms with Gasteiger partial charge in [0.25, 0.3) is 5.56 Å². The van der Waals surface area contributed by atoms with E-state index in [2.05, 4.69) is 4.98 Å². The van der Waals surface area contributed by atoms with Crippen molar-refractivity contribution in [2.45, 2.75) is 26.0 Å². The molecule has 1 aliphatic rings. The fraction of sp³-hybridized carbons (Fsp3) is 0.333. The van der Waals surface area contributed by atoms with Crippen molar-refractivity contribution in [3.63, 3.8) is 0 Å². The molecule has 0 saturated heterocycles. The number of fused-ring (bicyclic) bond motifs is 1. The van der Waals surface area contributed by atoms with Gasteiger partial charge in [-0.05, 0) is 25.0 Å². The minimum absolute atomic E-state index is 0.0124. The Morgan fingerprint density at radius 3 is 2.90 bits per heavy atom. The fourth-order valence-corrected chi connectivity index (χ4v) is 2.13. The number of para-hydroxylation sites is 1. The number of aromatic nitrogens is 2. The third-order valence-corrected chi connectivity index (χ3v) is 3.42. The lowest BCUT2D eigenvalue weighted by atomic mass is 10.2. The van der Waals surface area contributed by atoms with Gasteiger partial charge in [0, 0.05) is 0 Å². The van der Waals surface area contributed by atoms with E-state index >= 15 is 0 Å². The number of nitriles is 1. The van der Waals surface area contributed by atoms with Gasteiger partial charge in [-0.3, -0.25) is 14.2 Å². The molecule has 6 nitrogen and oxygen atoms in total. The number of rotatable bonds is 4. The van der Waals surface area contributed by atoms with E-state index in [9.17, 15) is 9.59 Å². The van der Waals surface area contributed by atoms with E-state index in [0.29, 0.717) is 16.7 Å². The summed E-state index contributed by atoms with van der Waals surface area (Å²) < 4.78 is 6.42. The third-order valence-electron chi connectivity index (χ3n) is 3.42. The van der Waals surface area contributed by atoms with E-state index in [-0.39, 0.29) is 30.6 Å². The molecular weight excluding hydrogens is 270 g/mol. The smallest absolute Gasteiger partial charge is 0.309 e. The Morgan fingerprint density at radius 2 is 2.19 bits per heavy atom. The highest BCUT2D eigenvalue weighted by molar-refractivity contribution is 5.77. The average molecular weight is 283 g/mol. The molecule has 0 unspecified atom stereocenters. The van der Waals surface area contributed by atoms with Crippen molar-refractivity contribution >= 4 is 16.9 Å². The zero-order valence-electron chi connectivity index (χ0n) is 11.3. The molecule has 1 fully saturated rings. The maximum absolute atomic E-state index is 12.4. The number of carbonyl (C=O) groups is 1. The van der Waals surface area contributed by atoms with Crippen LogP contribution in [0.2, 0.25) is 0 Å². The Kier molecular flexibility index (Phi) is 3.40. The summed E-state index contributed by atoms with van der Waals surface area (Å²) in [5, 5.41) is 9.32. The summed E-state index contributed by atoms with van der Waals surface area (Å²) >= 11 is 0. The molecule has 0 aliphatic heterocycles. The second kappa shape index (κ2) is 5.37. The van der Waals surface area contributed by atoms with Crippen molar-refractivity contribution in [2.75, 3.05) is 0 Å². The van der Waals surface area contributed by atoms with E-state index in [4.69, 9.17) is 10.00 Å². The lowest BCUT2D eigenvalue weighted by Crippen LogP contribution is -2.26. The molecule has 1 aliphatic carbocycles. The molecule has 1 saturated carbocycles. The lowest BCUT2D eigenvalue weighted by molar-refractivity contribution is -0.146. The number of esters is 1. The standard InChI is InChI=1S/C15H13N3O3/c16-7-8-18-13(9-21-15(20)10-5-6-10)17-12-4-2-1-3-11(12)14(18)19/h1-4,10H,5-6,8-9H2. The van der Waals surface area contributed by atoms with Crippen LogP contribution in [-0.2, 0) is 22.7 Å². The first-order valence-corrected chi connectivity index (χ1v) is 6.72. The van der Waals surface area contributed by atoms with Crippen LogP contribution < -0.4 is 5.56 Å². The molecule has 106 valence electrons. The molecule has 1 heterocycles. The quantitative estimate of drug-likeness (QED) is 0.791. The molecule has 0 bridgehead atoms. The normalized spacial score (nSPS) is 13.9. The van der Waals surface area contributed by atoms with Gasteiger partial charge in [-0.15, -0.1) is 0 Å². The van der Waals surface area contributed by atoms with Gasteiger partial charge in [-0.2, -0.15) is 5.26 Å². The molecular formula is C15H13N3O3. The first-order chi connectivity index (χ1) is 10.2. The molecule has 3 rings (SSSR count). The van der Waals surface area contributed by atoms with Crippen molar-refractivity contribution in [3.8, 4) is 6.07 Å². The summed E-state index contributed by atoms with van der Waals surface area (Å²) in [6.45, 7) is -0.204. The maximum atomic E-state index is 12.4. The van der Waals surface area contributed by atoms with Gasteiger partial charge in [0.05, 0.1) is 22.9 Å². The summed E-state index contributed by atoms with van der Waals surface area (Å²) in [5.74, 6) is 0.0248. The molecule has 6 heteroatoms. The highest BCUT2D eigenvalue weighted by atomic mass is 16.5. The highest BCUT2D eigenvalue weighted by Crippen LogP contribution is 2.30. The Bertz CT molecular complexity index is 800. The number of nitrogens with zero attached hydrogens (tertiary/aromatic N) is 3. The predicted molar refractivity (Wildman–Crippen MR) is 74.1 cm³/mol. The van der Waals surface area contributed by atoms with Crippen LogP contribution in [0.15, 0.2) is 29.1 Å². The second-order valence-corrected chi connectivity index (χ2v) is 4.98. The van der Waals surface area contributed by atoms with Gasteiger partial charge >= 0.3 is 5.97 Å². The molecule has 0 N–H and O–H groups in total. The predicted octanol–water partition coefficient (Wildman–Crippen LogP) is 1.37. The third kappa shape index (κ3) is 2.63. The zero-order valence-corrected chi connectivity index (χ0v) is 11.3. The first-order valence-electron chi connectivity index (χ1n) is 6.72. The van der Waals surface area contributed by atoms with E-state index < -0.39 is 0 Å².